The highest BCUT2D eigenvalue weighted by Crippen LogP contribution is 1.74. The lowest BCUT2D eigenvalue weighted by Crippen LogP contribution is -2.37. The molecule has 0 spiro atoms. The highest BCUT2D eigenvalue weighted by atomic mass is 16.6. The molecule has 0 radical (unpaired) electrons. The van der Waals surface area contributed by atoms with Crippen molar-refractivity contribution >= 4 is 12.1 Å². The predicted molar refractivity (Wildman–Crippen MR) is 44.0 cm³/mol. The molecule has 0 rings (SSSR count). The van der Waals surface area contributed by atoms with Crippen molar-refractivity contribution in [3.8, 4) is 0 Å². The number of rotatable bonds is 5. The average Bonchev–Trinajstić information content (AvgIpc) is 2.08. The van der Waals surface area contributed by atoms with Gasteiger partial charge in [0.05, 0.1) is 6.61 Å². The van der Waals surface area contributed by atoms with Crippen molar-refractivity contribution in [2.24, 2.45) is 5.73 Å². The van der Waals surface area contributed by atoms with E-state index in [0.717, 1.165) is 0 Å². The summed E-state index contributed by atoms with van der Waals surface area (Å²) in [5, 5.41) is 12.9. The second-order valence-electron chi connectivity index (χ2n) is 2.08. The van der Waals surface area contributed by atoms with Gasteiger partial charge < -0.3 is 26.2 Å². The number of aliphatic hydroxyl groups excluding tert-OH is 1. The minimum atomic E-state index is -0.648. The van der Waals surface area contributed by atoms with Crippen molar-refractivity contribution in [1.29, 1.82) is 0 Å². The van der Waals surface area contributed by atoms with Crippen LogP contribution in [0.1, 0.15) is 0 Å². The van der Waals surface area contributed by atoms with Gasteiger partial charge in [0.15, 0.2) is 0 Å². The van der Waals surface area contributed by atoms with Gasteiger partial charge >= 0.3 is 12.1 Å². The molecule has 0 saturated carbocycles. The quantitative estimate of drug-likeness (QED) is 0.391. The van der Waals surface area contributed by atoms with Gasteiger partial charge in [0.2, 0.25) is 0 Å². The highest BCUT2D eigenvalue weighted by Gasteiger charge is 1.99. The molecule has 0 fully saturated rings. The maximum Gasteiger partial charge on any atom is 0.407 e. The summed E-state index contributed by atoms with van der Waals surface area (Å²) in [6.07, 6.45) is -0.639. The van der Waals surface area contributed by atoms with Crippen LogP contribution in [0.5, 0.6) is 0 Å². The third-order valence-corrected chi connectivity index (χ3v) is 1.02. The van der Waals surface area contributed by atoms with Gasteiger partial charge in [0.1, 0.15) is 6.61 Å². The fraction of sp³-hybridized carbons (Fsp3) is 0.667. The van der Waals surface area contributed by atoms with Gasteiger partial charge in [-0.25, -0.2) is 9.59 Å². The van der Waals surface area contributed by atoms with Gasteiger partial charge in [-0.05, 0) is 0 Å². The first-order valence-corrected chi connectivity index (χ1v) is 3.71. The number of ether oxygens (including phenoxy) is 1. The van der Waals surface area contributed by atoms with Gasteiger partial charge in [-0.15, -0.1) is 0 Å². The molecular formula is C6H13N3O4. The summed E-state index contributed by atoms with van der Waals surface area (Å²) >= 11 is 0. The Kier molecular flexibility index (Phi) is 6.34. The number of nitrogens with one attached hydrogen (secondary N) is 2. The summed E-state index contributed by atoms with van der Waals surface area (Å²) in [5.74, 6) is 0. The number of carbonyl (C=O) groups is 2. The van der Waals surface area contributed by atoms with Gasteiger partial charge in [-0.3, -0.25) is 0 Å². The van der Waals surface area contributed by atoms with Crippen LogP contribution in [-0.4, -0.2) is 43.5 Å². The first kappa shape index (κ1) is 11.5. The van der Waals surface area contributed by atoms with Crippen molar-refractivity contribution in [2.75, 3.05) is 26.3 Å². The fourth-order valence-corrected chi connectivity index (χ4v) is 0.540. The monoisotopic (exact) mass is 191 g/mol. The molecule has 0 aromatic rings. The zero-order valence-corrected chi connectivity index (χ0v) is 7.08. The second-order valence-corrected chi connectivity index (χ2v) is 2.08. The summed E-state index contributed by atoms with van der Waals surface area (Å²) < 4.78 is 4.45. The minimum absolute atomic E-state index is 0.0465. The van der Waals surface area contributed by atoms with Crippen molar-refractivity contribution in [3.63, 3.8) is 0 Å². The third-order valence-electron chi connectivity index (χ3n) is 1.02. The first-order chi connectivity index (χ1) is 6.16. The van der Waals surface area contributed by atoms with Crippen LogP contribution in [0.25, 0.3) is 0 Å². The number of alkyl carbamates (subject to hydrolysis) is 1. The SMILES string of the molecule is NC(=O)NCCNC(=O)OCCO. The summed E-state index contributed by atoms with van der Waals surface area (Å²) in [6, 6.07) is -0.648. The van der Waals surface area contributed by atoms with E-state index in [2.05, 4.69) is 15.4 Å². The van der Waals surface area contributed by atoms with Gasteiger partial charge in [-0.1, -0.05) is 0 Å². The maximum absolute atomic E-state index is 10.7. The molecule has 0 aliphatic heterocycles. The van der Waals surface area contributed by atoms with Gasteiger partial charge in [0.25, 0.3) is 0 Å². The molecule has 0 saturated heterocycles. The van der Waals surface area contributed by atoms with Crippen LogP contribution < -0.4 is 16.4 Å². The Hall–Kier alpha value is -1.50. The summed E-state index contributed by atoms with van der Waals surface area (Å²) in [6.45, 7) is 0.207. The van der Waals surface area contributed by atoms with Crippen LogP contribution in [0.4, 0.5) is 9.59 Å². The van der Waals surface area contributed by atoms with E-state index in [9.17, 15) is 9.59 Å². The van der Waals surface area contributed by atoms with E-state index in [1.165, 1.54) is 0 Å². The van der Waals surface area contributed by atoms with E-state index in [1.54, 1.807) is 0 Å². The van der Waals surface area contributed by atoms with Crippen molar-refractivity contribution in [2.45, 2.75) is 0 Å². The molecule has 0 aliphatic rings. The lowest BCUT2D eigenvalue weighted by atomic mass is 10.6. The molecule has 0 heterocycles. The topological polar surface area (TPSA) is 114 Å². The summed E-state index contributed by atoms with van der Waals surface area (Å²) in [5.41, 5.74) is 4.76. The molecule has 3 amide bonds. The molecule has 0 unspecified atom stereocenters. The van der Waals surface area contributed by atoms with E-state index >= 15 is 0 Å². The molecule has 76 valence electrons. The van der Waals surface area contributed by atoms with Crippen LogP contribution in [0.15, 0.2) is 0 Å². The molecule has 7 heteroatoms. The van der Waals surface area contributed by atoms with E-state index in [-0.39, 0.29) is 26.3 Å². The highest BCUT2D eigenvalue weighted by molar-refractivity contribution is 5.71. The number of amides is 3. The Balaban J connectivity index is 3.22. The van der Waals surface area contributed by atoms with Crippen LogP contribution in [-0.2, 0) is 4.74 Å². The zero-order valence-electron chi connectivity index (χ0n) is 7.08. The third kappa shape index (κ3) is 8.41. The number of primary amides is 1. The first-order valence-electron chi connectivity index (χ1n) is 3.71. The number of hydrogen-bond acceptors (Lipinski definition) is 4. The largest absolute Gasteiger partial charge is 0.447 e. The second kappa shape index (κ2) is 7.17. The number of carbonyl (C=O) groups excluding carboxylic acids is 2. The van der Waals surface area contributed by atoms with E-state index in [0.29, 0.717) is 0 Å². The molecule has 0 aromatic carbocycles. The zero-order chi connectivity index (χ0) is 10.1. The molecule has 0 aliphatic carbocycles. The molecule has 7 nitrogen and oxygen atoms in total. The van der Waals surface area contributed by atoms with E-state index in [1.807, 2.05) is 0 Å². The smallest absolute Gasteiger partial charge is 0.407 e. The van der Waals surface area contributed by atoms with Crippen molar-refractivity contribution in [3.05, 3.63) is 0 Å². The summed E-state index contributed by atoms with van der Waals surface area (Å²) in [7, 11) is 0. The summed E-state index contributed by atoms with van der Waals surface area (Å²) in [4.78, 5) is 20.8. The van der Waals surface area contributed by atoms with Crippen molar-refractivity contribution in [1.82, 2.24) is 10.6 Å². The average molecular weight is 191 g/mol. The normalized spacial score (nSPS) is 9.00. The molecular weight excluding hydrogens is 178 g/mol. The Bertz CT molecular complexity index is 173. The van der Waals surface area contributed by atoms with Gasteiger partial charge in [0, 0.05) is 13.1 Å². The standard InChI is InChI=1S/C6H13N3O4/c7-5(11)8-1-2-9-6(12)13-4-3-10/h10H,1-4H2,(H,9,12)(H3,7,8,11). The predicted octanol–water partition coefficient (Wildman–Crippen LogP) is -1.63. The van der Waals surface area contributed by atoms with Crippen LogP contribution in [0.2, 0.25) is 0 Å². The Morgan fingerprint density at radius 2 is 1.92 bits per heavy atom. The Labute approximate surface area is 75.2 Å². The number of nitrogens with two attached hydrogens (primary N) is 1. The number of aliphatic hydroxyl groups is 1. The molecule has 13 heavy (non-hydrogen) atoms. The van der Waals surface area contributed by atoms with Crippen molar-refractivity contribution < 1.29 is 19.4 Å². The lowest BCUT2D eigenvalue weighted by molar-refractivity contribution is 0.119. The van der Waals surface area contributed by atoms with Crippen LogP contribution in [0, 0.1) is 0 Å². The number of urea groups is 1. The molecule has 5 N–H and O–H groups in total. The molecule has 0 atom stereocenters. The Morgan fingerprint density at radius 3 is 2.46 bits per heavy atom. The fourth-order valence-electron chi connectivity index (χ4n) is 0.540. The van der Waals surface area contributed by atoms with E-state index < -0.39 is 12.1 Å². The number of hydrogen-bond donors (Lipinski definition) is 4. The Morgan fingerprint density at radius 1 is 1.31 bits per heavy atom. The van der Waals surface area contributed by atoms with Crippen LogP contribution >= 0.6 is 0 Å². The molecule has 0 bridgehead atoms. The molecule has 0 aromatic heterocycles. The van der Waals surface area contributed by atoms with E-state index in [4.69, 9.17) is 10.8 Å². The maximum atomic E-state index is 10.7. The lowest BCUT2D eigenvalue weighted by Gasteiger charge is -2.05. The minimum Gasteiger partial charge on any atom is -0.447 e. The van der Waals surface area contributed by atoms with Crippen LogP contribution in [0.3, 0.4) is 0 Å². The van der Waals surface area contributed by atoms with Gasteiger partial charge in [-0.2, -0.15) is 0 Å².